The molecular weight excluding hydrogens is 308 g/mol. The number of piperidine rings is 1. The molecule has 2 aliphatic heterocycles. The molecule has 0 radical (unpaired) electrons. The van der Waals surface area contributed by atoms with Gasteiger partial charge >= 0.3 is 5.97 Å². The largest absolute Gasteiger partial charge is 0.493 e. The van der Waals surface area contributed by atoms with Crippen molar-refractivity contribution in [3.63, 3.8) is 0 Å². The third-order valence-corrected chi connectivity index (χ3v) is 5.03. The highest BCUT2D eigenvalue weighted by Crippen LogP contribution is 2.39. The molecule has 2 unspecified atom stereocenters. The number of benzene rings is 1. The lowest BCUT2D eigenvalue weighted by Crippen LogP contribution is -2.35. The van der Waals surface area contributed by atoms with E-state index in [9.17, 15) is 9.90 Å². The molecule has 2 aliphatic rings. The van der Waals surface area contributed by atoms with Crippen molar-refractivity contribution in [1.82, 2.24) is 10.2 Å². The summed E-state index contributed by atoms with van der Waals surface area (Å²) in [5.41, 5.74) is 0.978. The predicted molar refractivity (Wildman–Crippen MR) is 90.6 cm³/mol. The van der Waals surface area contributed by atoms with E-state index in [0.717, 1.165) is 43.0 Å². The van der Waals surface area contributed by atoms with Crippen LogP contribution in [0.15, 0.2) is 18.2 Å². The monoisotopic (exact) mass is 334 g/mol. The van der Waals surface area contributed by atoms with Crippen LogP contribution in [0.3, 0.4) is 0 Å². The van der Waals surface area contributed by atoms with Crippen LogP contribution in [0.4, 0.5) is 0 Å². The standard InChI is InChI=1S/C18H26N2O4/c1-20-8-6-13(7-9-20)24-16-5-3-4-14(17(16)23-2)15-10-12(11-19-15)18(21)22/h3-5,12-13,15,19H,6-11H2,1-2H3,(H,21,22). The lowest BCUT2D eigenvalue weighted by Gasteiger charge is -2.30. The molecule has 2 atom stereocenters. The Balaban J connectivity index is 1.75. The van der Waals surface area contributed by atoms with Gasteiger partial charge in [0.15, 0.2) is 11.5 Å². The highest BCUT2D eigenvalue weighted by Gasteiger charge is 2.32. The van der Waals surface area contributed by atoms with Crippen LogP contribution in [0.2, 0.25) is 0 Å². The van der Waals surface area contributed by atoms with E-state index in [1.807, 2.05) is 18.2 Å². The van der Waals surface area contributed by atoms with Gasteiger partial charge in [-0.3, -0.25) is 4.79 Å². The van der Waals surface area contributed by atoms with E-state index in [4.69, 9.17) is 9.47 Å². The van der Waals surface area contributed by atoms with Gasteiger partial charge in [-0.05, 0) is 32.4 Å². The third kappa shape index (κ3) is 3.65. The van der Waals surface area contributed by atoms with E-state index >= 15 is 0 Å². The number of hydrogen-bond acceptors (Lipinski definition) is 5. The van der Waals surface area contributed by atoms with Gasteiger partial charge in [0.1, 0.15) is 6.10 Å². The van der Waals surface area contributed by atoms with Gasteiger partial charge in [0.25, 0.3) is 0 Å². The van der Waals surface area contributed by atoms with E-state index < -0.39 is 5.97 Å². The molecule has 1 aromatic rings. The molecule has 2 N–H and O–H groups in total. The Morgan fingerprint density at radius 1 is 1.33 bits per heavy atom. The number of likely N-dealkylation sites (tertiary alicyclic amines) is 1. The Morgan fingerprint density at radius 3 is 2.71 bits per heavy atom. The van der Waals surface area contributed by atoms with Crippen molar-refractivity contribution < 1.29 is 19.4 Å². The third-order valence-electron chi connectivity index (χ3n) is 5.03. The lowest BCUT2D eigenvalue weighted by atomic mass is 9.99. The summed E-state index contributed by atoms with van der Waals surface area (Å²) in [6, 6.07) is 5.87. The van der Waals surface area contributed by atoms with Crippen molar-refractivity contribution in [2.24, 2.45) is 5.92 Å². The van der Waals surface area contributed by atoms with Gasteiger partial charge in [-0.15, -0.1) is 0 Å². The lowest BCUT2D eigenvalue weighted by molar-refractivity contribution is -0.141. The number of carboxylic acids is 1. The van der Waals surface area contributed by atoms with Gasteiger partial charge in [-0.1, -0.05) is 12.1 Å². The highest BCUT2D eigenvalue weighted by atomic mass is 16.5. The van der Waals surface area contributed by atoms with Gasteiger partial charge in [0.05, 0.1) is 13.0 Å². The highest BCUT2D eigenvalue weighted by molar-refractivity contribution is 5.71. The minimum atomic E-state index is -0.748. The summed E-state index contributed by atoms with van der Waals surface area (Å²) >= 11 is 0. The van der Waals surface area contributed by atoms with E-state index in [1.54, 1.807) is 7.11 Å². The molecule has 0 saturated carbocycles. The van der Waals surface area contributed by atoms with Crippen LogP contribution in [0.1, 0.15) is 30.9 Å². The zero-order chi connectivity index (χ0) is 17.1. The zero-order valence-corrected chi connectivity index (χ0v) is 14.3. The van der Waals surface area contributed by atoms with Crippen LogP contribution in [0.25, 0.3) is 0 Å². The molecule has 0 bridgehead atoms. The van der Waals surface area contributed by atoms with Gasteiger partial charge in [-0.25, -0.2) is 0 Å². The summed E-state index contributed by atoms with van der Waals surface area (Å²) in [4.78, 5) is 13.5. The average molecular weight is 334 g/mol. The summed E-state index contributed by atoms with van der Waals surface area (Å²) in [5.74, 6) is 0.381. The Labute approximate surface area is 142 Å². The van der Waals surface area contributed by atoms with E-state index in [2.05, 4.69) is 17.3 Å². The second-order valence-corrected chi connectivity index (χ2v) is 6.73. The minimum Gasteiger partial charge on any atom is -0.493 e. The number of nitrogens with zero attached hydrogens (tertiary/aromatic N) is 1. The average Bonchev–Trinajstić information content (AvgIpc) is 3.07. The smallest absolute Gasteiger partial charge is 0.307 e. The molecule has 2 heterocycles. The van der Waals surface area contributed by atoms with E-state index in [-0.39, 0.29) is 18.1 Å². The molecule has 3 rings (SSSR count). The number of methoxy groups -OCH3 is 1. The SMILES string of the molecule is COc1c(OC2CCN(C)CC2)cccc1C1CC(C(=O)O)CN1. The second-order valence-electron chi connectivity index (χ2n) is 6.73. The van der Waals surface area contributed by atoms with Gasteiger partial charge in [-0.2, -0.15) is 0 Å². The maximum absolute atomic E-state index is 11.2. The molecule has 0 aliphatic carbocycles. The molecule has 24 heavy (non-hydrogen) atoms. The second kappa shape index (κ2) is 7.40. The maximum Gasteiger partial charge on any atom is 0.307 e. The van der Waals surface area contributed by atoms with Crippen LogP contribution in [-0.4, -0.2) is 55.9 Å². The number of aliphatic carboxylic acids is 1. The molecule has 0 aromatic heterocycles. The molecule has 1 aromatic carbocycles. The van der Waals surface area contributed by atoms with Gasteiger partial charge in [0, 0.05) is 31.2 Å². The fourth-order valence-corrected chi connectivity index (χ4v) is 3.56. The number of hydrogen-bond donors (Lipinski definition) is 2. The Hall–Kier alpha value is -1.79. The Kier molecular flexibility index (Phi) is 5.26. The van der Waals surface area contributed by atoms with Crippen molar-refractivity contribution in [3.8, 4) is 11.5 Å². The van der Waals surface area contributed by atoms with Crippen LogP contribution >= 0.6 is 0 Å². The van der Waals surface area contributed by atoms with Crippen molar-refractivity contribution in [3.05, 3.63) is 23.8 Å². The van der Waals surface area contributed by atoms with E-state index in [0.29, 0.717) is 13.0 Å². The van der Waals surface area contributed by atoms with Crippen molar-refractivity contribution in [2.45, 2.75) is 31.4 Å². The van der Waals surface area contributed by atoms with Crippen LogP contribution in [0, 0.1) is 5.92 Å². The molecule has 0 amide bonds. The molecule has 0 spiro atoms. The Bertz CT molecular complexity index is 584. The predicted octanol–water partition coefficient (Wildman–Crippen LogP) is 1.90. The summed E-state index contributed by atoms with van der Waals surface area (Å²) in [6.45, 7) is 2.57. The molecule has 2 fully saturated rings. The number of ether oxygens (including phenoxy) is 2. The number of carbonyl (C=O) groups is 1. The topological polar surface area (TPSA) is 71.0 Å². The minimum absolute atomic E-state index is 0.0120. The number of para-hydroxylation sites is 1. The first-order valence-corrected chi connectivity index (χ1v) is 8.56. The van der Waals surface area contributed by atoms with Crippen LogP contribution in [0.5, 0.6) is 11.5 Å². The first kappa shape index (κ1) is 17.0. The number of rotatable bonds is 5. The quantitative estimate of drug-likeness (QED) is 0.857. The number of carboxylic acid groups (broad SMARTS) is 1. The Morgan fingerprint density at radius 2 is 2.08 bits per heavy atom. The maximum atomic E-state index is 11.2. The summed E-state index contributed by atoms with van der Waals surface area (Å²) in [5, 5.41) is 12.5. The van der Waals surface area contributed by atoms with Crippen molar-refractivity contribution in [1.29, 1.82) is 0 Å². The van der Waals surface area contributed by atoms with E-state index in [1.165, 1.54) is 0 Å². The van der Waals surface area contributed by atoms with Crippen LogP contribution in [-0.2, 0) is 4.79 Å². The van der Waals surface area contributed by atoms with Crippen LogP contribution < -0.4 is 14.8 Å². The van der Waals surface area contributed by atoms with Gasteiger partial charge < -0.3 is 24.8 Å². The molecule has 6 nitrogen and oxygen atoms in total. The normalized spacial score (nSPS) is 25.6. The van der Waals surface area contributed by atoms with Gasteiger partial charge in [0.2, 0.25) is 0 Å². The summed E-state index contributed by atoms with van der Waals surface area (Å²) in [6.07, 6.45) is 2.79. The fraction of sp³-hybridized carbons (Fsp3) is 0.611. The summed E-state index contributed by atoms with van der Waals surface area (Å²) < 4.78 is 11.8. The fourth-order valence-electron chi connectivity index (χ4n) is 3.56. The molecule has 132 valence electrons. The first-order chi connectivity index (χ1) is 11.6. The molecule has 2 saturated heterocycles. The van der Waals surface area contributed by atoms with Crippen molar-refractivity contribution >= 4 is 5.97 Å². The first-order valence-electron chi connectivity index (χ1n) is 8.56. The zero-order valence-electron chi connectivity index (χ0n) is 14.3. The number of nitrogens with one attached hydrogen (secondary N) is 1. The molecular formula is C18H26N2O4. The summed E-state index contributed by atoms with van der Waals surface area (Å²) in [7, 11) is 3.77. The van der Waals surface area contributed by atoms with Crippen molar-refractivity contribution in [2.75, 3.05) is 33.8 Å². The molecule has 6 heteroatoms.